The smallest absolute Gasteiger partial charge is 0.341 e. The van der Waals surface area contributed by atoms with E-state index >= 15 is 0 Å². The van der Waals surface area contributed by atoms with E-state index in [-0.39, 0.29) is 16.0 Å². The number of carbonyl (C=O) groups is 1. The molecule has 0 aliphatic carbocycles. The van der Waals surface area contributed by atoms with Gasteiger partial charge in [0, 0.05) is 17.1 Å². The molecule has 2 aromatic carbocycles. The van der Waals surface area contributed by atoms with Gasteiger partial charge in [0.1, 0.15) is 5.56 Å². The molecule has 0 atom stereocenters. The second-order valence-electron chi connectivity index (χ2n) is 5.99. The average molecular weight is 400 g/mol. The molecule has 0 fully saturated rings. The number of nitrogens with one attached hydrogen (secondary N) is 4. The Hall–Kier alpha value is -3.86. The number of anilines is 1. The molecule has 0 aliphatic rings. The van der Waals surface area contributed by atoms with Gasteiger partial charge in [0.05, 0.1) is 21.6 Å². The van der Waals surface area contributed by atoms with Crippen molar-refractivity contribution in [2.45, 2.75) is 4.90 Å². The van der Waals surface area contributed by atoms with Crippen molar-refractivity contribution in [3.63, 3.8) is 0 Å². The number of sulfonamides is 1. The molecule has 4 rings (SSSR count). The number of fused-ring (bicyclic) bond motifs is 2. The van der Waals surface area contributed by atoms with Crippen LogP contribution in [0.4, 0.5) is 5.69 Å². The summed E-state index contributed by atoms with van der Waals surface area (Å²) in [5, 5.41) is 9.00. The summed E-state index contributed by atoms with van der Waals surface area (Å²) in [4.78, 5) is 42.3. The highest BCUT2D eigenvalue weighted by molar-refractivity contribution is 7.92. The summed E-state index contributed by atoms with van der Waals surface area (Å²) in [5.74, 6) is -1.41. The molecule has 0 unspecified atom stereocenters. The number of pyridine rings is 1. The Bertz CT molecular complexity index is 1480. The van der Waals surface area contributed by atoms with Crippen LogP contribution in [0, 0.1) is 0 Å². The minimum atomic E-state index is -4.07. The van der Waals surface area contributed by atoms with Crippen molar-refractivity contribution in [3.8, 4) is 0 Å². The lowest BCUT2D eigenvalue weighted by Gasteiger charge is -2.09. The van der Waals surface area contributed by atoms with Gasteiger partial charge in [0.15, 0.2) is 0 Å². The first-order chi connectivity index (χ1) is 13.2. The molecule has 0 aliphatic heterocycles. The molecule has 142 valence electrons. The zero-order chi connectivity index (χ0) is 20.1. The van der Waals surface area contributed by atoms with Crippen molar-refractivity contribution in [2.75, 3.05) is 4.72 Å². The normalized spacial score (nSPS) is 11.7. The minimum absolute atomic E-state index is 0.0619. The number of H-pyrrole nitrogens is 3. The number of aromatic amines is 3. The number of rotatable bonds is 4. The first-order valence-electron chi connectivity index (χ1n) is 7.88. The molecule has 28 heavy (non-hydrogen) atoms. The summed E-state index contributed by atoms with van der Waals surface area (Å²) < 4.78 is 27.8. The van der Waals surface area contributed by atoms with E-state index in [1.165, 1.54) is 30.3 Å². The predicted molar refractivity (Wildman–Crippen MR) is 101 cm³/mol. The molecule has 0 bridgehead atoms. The molecular formula is C17H12N4O6S. The number of imidazole rings is 1. The van der Waals surface area contributed by atoms with E-state index in [0.717, 1.165) is 12.3 Å². The number of benzene rings is 2. The number of carboxylic acids is 1. The van der Waals surface area contributed by atoms with Gasteiger partial charge in [-0.25, -0.2) is 18.0 Å². The molecule has 11 heteroatoms. The van der Waals surface area contributed by atoms with Gasteiger partial charge in [0.25, 0.3) is 10.0 Å². The Labute approximate surface area is 155 Å². The standard InChI is InChI=1S/C17H12N4O6S/c22-15-10-6-9(2-4-12(10)18-7-11(15)16(23)24)28(26,27)21-8-1-3-13-14(5-8)20-17(25)19-13/h1-7,21H,(H,18,22)(H,23,24)(H2,19,20,25). The first-order valence-corrected chi connectivity index (χ1v) is 9.36. The maximum atomic E-state index is 12.7. The molecule has 4 aromatic rings. The average Bonchev–Trinajstić information content (AvgIpc) is 3.00. The van der Waals surface area contributed by atoms with E-state index < -0.39 is 32.7 Å². The van der Waals surface area contributed by atoms with Gasteiger partial charge in [-0.1, -0.05) is 0 Å². The van der Waals surface area contributed by atoms with Crippen LogP contribution >= 0.6 is 0 Å². The highest BCUT2D eigenvalue weighted by Gasteiger charge is 2.18. The Morgan fingerprint density at radius 2 is 1.68 bits per heavy atom. The SMILES string of the molecule is O=C(O)c1c[nH]c2ccc(S(=O)(=O)Nc3ccc4[nH]c(=O)[nH]c4c3)cc2c1=O. The Morgan fingerprint density at radius 3 is 2.43 bits per heavy atom. The summed E-state index contributed by atoms with van der Waals surface area (Å²) in [5.41, 5.74) is -0.242. The van der Waals surface area contributed by atoms with E-state index in [1.54, 1.807) is 0 Å². The maximum absolute atomic E-state index is 12.7. The maximum Gasteiger partial charge on any atom is 0.341 e. The Morgan fingerprint density at radius 1 is 0.964 bits per heavy atom. The van der Waals surface area contributed by atoms with Crippen LogP contribution in [0.15, 0.2) is 57.1 Å². The highest BCUT2D eigenvalue weighted by Crippen LogP contribution is 2.21. The van der Waals surface area contributed by atoms with Crippen molar-refractivity contribution in [1.29, 1.82) is 0 Å². The molecule has 0 radical (unpaired) electrons. The van der Waals surface area contributed by atoms with Gasteiger partial charge < -0.3 is 20.1 Å². The van der Waals surface area contributed by atoms with Gasteiger partial charge in [-0.3, -0.25) is 9.52 Å². The van der Waals surface area contributed by atoms with Crippen LogP contribution < -0.4 is 15.8 Å². The van der Waals surface area contributed by atoms with Crippen LogP contribution in [0.25, 0.3) is 21.9 Å². The van der Waals surface area contributed by atoms with E-state index in [2.05, 4.69) is 19.7 Å². The van der Waals surface area contributed by atoms with E-state index in [9.17, 15) is 22.8 Å². The fraction of sp³-hybridized carbons (Fsp3) is 0. The third kappa shape index (κ3) is 2.93. The Kier molecular flexibility index (Phi) is 3.82. The lowest BCUT2D eigenvalue weighted by Crippen LogP contribution is -2.17. The third-order valence-corrected chi connectivity index (χ3v) is 5.54. The van der Waals surface area contributed by atoms with Gasteiger partial charge in [-0.05, 0) is 36.4 Å². The summed E-state index contributed by atoms with van der Waals surface area (Å²) in [6.45, 7) is 0. The molecule has 5 N–H and O–H groups in total. The second-order valence-corrected chi connectivity index (χ2v) is 7.67. The topological polar surface area (TPSA) is 165 Å². The summed E-state index contributed by atoms with van der Waals surface area (Å²) >= 11 is 0. The van der Waals surface area contributed by atoms with Gasteiger partial charge >= 0.3 is 11.7 Å². The Balaban J connectivity index is 1.78. The lowest BCUT2D eigenvalue weighted by atomic mass is 10.1. The van der Waals surface area contributed by atoms with Crippen LogP contribution in [0.2, 0.25) is 0 Å². The summed E-state index contributed by atoms with van der Waals surface area (Å²) in [6.07, 6.45) is 1.06. The zero-order valence-electron chi connectivity index (χ0n) is 13.9. The lowest BCUT2D eigenvalue weighted by molar-refractivity contribution is 0.0695. The fourth-order valence-corrected chi connectivity index (χ4v) is 3.91. The van der Waals surface area contributed by atoms with Crippen molar-refractivity contribution < 1.29 is 18.3 Å². The molecule has 0 amide bonds. The quantitative estimate of drug-likeness (QED) is 0.345. The van der Waals surface area contributed by atoms with Crippen LogP contribution in [0.1, 0.15) is 10.4 Å². The van der Waals surface area contributed by atoms with E-state index in [4.69, 9.17) is 5.11 Å². The highest BCUT2D eigenvalue weighted by atomic mass is 32.2. The summed E-state index contributed by atoms with van der Waals surface area (Å²) in [7, 11) is -4.07. The molecule has 0 spiro atoms. The van der Waals surface area contributed by atoms with Crippen LogP contribution in [0.5, 0.6) is 0 Å². The molecular weight excluding hydrogens is 388 g/mol. The number of aromatic carboxylic acids is 1. The van der Waals surface area contributed by atoms with Crippen molar-refractivity contribution in [3.05, 3.63) is 68.9 Å². The first kappa shape index (κ1) is 17.5. The number of aromatic nitrogens is 3. The largest absolute Gasteiger partial charge is 0.477 e. The van der Waals surface area contributed by atoms with Crippen molar-refractivity contribution in [1.82, 2.24) is 15.0 Å². The number of carboxylic acid groups (broad SMARTS) is 1. The molecule has 2 aromatic heterocycles. The van der Waals surface area contributed by atoms with E-state index in [1.807, 2.05) is 0 Å². The second kappa shape index (κ2) is 6.09. The van der Waals surface area contributed by atoms with Crippen LogP contribution in [-0.2, 0) is 10.0 Å². The minimum Gasteiger partial charge on any atom is -0.477 e. The molecule has 0 saturated heterocycles. The monoisotopic (exact) mass is 400 g/mol. The molecule has 0 saturated carbocycles. The van der Waals surface area contributed by atoms with Gasteiger partial charge in [-0.2, -0.15) is 0 Å². The van der Waals surface area contributed by atoms with Gasteiger partial charge in [0.2, 0.25) is 5.43 Å². The fourth-order valence-electron chi connectivity index (χ4n) is 2.83. The predicted octanol–water partition coefficient (Wildman–Crippen LogP) is 1.20. The third-order valence-electron chi connectivity index (χ3n) is 4.16. The summed E-state index contributed by atoms with van der Waals surface area (Å²) in [6, 6.07) is 8.23. The number of hydrogen-bond donors (Lipinski definition) is 5. The molecule has 2 heterocycles. The van der Waals surface area contributed by atoms with Crippen molar-refractivity contribution in [2.24, 2.45) is 0 Å². The van der Waals surface area contributed by atoms with Crippen molar-refractivity contribution >= 4 is 43.6 Å². The van der Waals surface area contributed by atoms with Crippen LogP contribution in [0.3, 0.4) is 0 Å². The van der Waals surface area contributed by atoms with Gasteiger partial charge in [-0.15, -0.1) is 0 Å². The molecule has 10 nitrogen and oxygen atoms in total. The number of hydrogen-bond acceptors (Lipinski definition) is 5. The zero-order valence-corrected chi connectivity index (χ0v) is 14.8. The van der Waals surface area contributed by atoms with Crippen LogP contribution in [-0.4, -0.2) is 34.4 Å². The van der Waals surface area contributed by atoms with E-state index in [0.29, 0.717) is 16.6 Å².